The van der Waals surface area contributed by atoms with Crippen LogP contribution in [-0.4, -0.2) is 24.5 Å². The first-order valence-electron chi connectivity index (χ1n) is 6.38. The molecule has 1 aliphatic heterocycles. The summed E-state index contributed by atoms with van der Waals surface area (Å²) >= 11 is 0. The van der Waals surface area contributed by atoms with E-state index in [0.29, 0.717) is 19.5 Å². The Balaban J connectivity index is 2.18. The van der Waals surface area contributed by atoms with Crippen molar-refractivity contribution < 1.29 is 9.53 Å². The molecule has 2 rings (SSSR count). The van der Waals surface area contributed by atoms with E-state index in [-0.39, 0.29) is 5.91 Å². The SMILES string of the molecule is COc1ccc(CN)cc1CN1CCCCC1=O. The molecule has 1 aliphatic rings. The van der Waals surface area contributed by atoms with Gasteiger partial charge in [0.05, 0.1) is 7.11 Å². The summed E-state index contributed by atoms with van der Waals surface area (Å²) in [5.74, 6) is 1.06. The Hall–Kier alpha value is -1.55. The number of methoxy groups -OCH3 is 1. The van der Waals surface area contributed by atoms with Crippen LogP contribution in [0.25, 0.3) is 0 Å². The molecular formula is C14H20N2O2. The van der Waals surface area contributed by atoms with E-state index >= 15 is 0 Å². The molecule has 0 aliphatic carbocycles. The highest BCUT2D eigenvalue weighted by Crippen LogP contribution is 2.23. The molecule has 0 aromatic heterocycles. The number of piperidine rings is 1. The molecule has 1 aromatic rings. The topological polar surface area (TPSA) is 55.6 Å². The van der Waals surface area contributed by atoms with Gasteiger partial charge in [0, 0.05) is 31.6 Å². The van der Waals surface area contributed by atoms with Crippen molar-refractivity contribution in [3.8, 4) is 5.75 Å². The van der Waals surface area contributed by atoms with Gasteiger partial charge in [-0.05, 0) is 30.5 Å². The Kier molecular flexibility index (Phi) is 4.20. The minimum Gasteiger partial charge on any atom is -0.496 e. The van der Waals surface area contributed by atoms with Crippen LogP contribution in [0.3, 0.4) is 0 Å². The van der Waals surface area contributed by atoms with Gasteiger partial charge >= 0.3 is 0 Å². The molecule has 0 saturated carbocycles. The van der Waals surface area contributed by atoms with Crippen LogP contribution >= 0.6 is 0 Å². The van der Waals surface area contributed by atoms with Crippen molar-refractivity contribution in [2.24, 2.45) is 5.73 Å². The molecule has 2 N–H and O–H groups in total. The molecule has 0 atom stereocenters. The maximum absolute atomic E-state index is 11.8. The highest BCUT2D eigenvalue weighted by Gasteiger charge is 2.19. The third kappa shape index (κ3) is 2.82. The van der Waals surface area contributed by atoms with Gasteiger partial charge in [-0.3, -0.25) is 4.79 Å². The molecule has 98 valence electrons. The fourth-order valence-corrected chi connectivity index (χ4v) is 2.32. The summed E-state index contributed by atoms with van der Waals surface area (Å²) in [6.45, 7) is 1.97. The lowest BCUT2D eigenvalue weighted by Crippen LogP contribution is -2.34. The number of amides is 1. The van der Waals surface area contributed by atoms with Gasteiger partial charge in [0.25, 0.3) is 0 Å². The zero-order chi connectivity index (χ0) is 13.0. The Morgan fingerprint density at radius 2 is 2.22 bits per heavy atom. The van der Waals surface area contributed by atoms with Crippen LogP contribution in [0.15, 0.2) is 18.2 Å². The van der Waals surface area contributed by atoms with E-state index in [1.165, 1.54) is 0 Å². The van der Waals surface area contributed by atoms with E-state index in [9.17, 15) is 4.79 Å². The smallest absolute Gasteiger partial charge is 0.222 e. The van der Waals surface area contributed by atoms with Crippen LogP contribution < -0.4 is 10.5 Å². The zero-order valence-corrected chi connectivity index (χ0v) is 10.8. The maximum Gasteiger partial charge on any atom is 0.222 e. The highest BCUT2D eigenvalue weighted by atomic mass is 16.5. The first-order valence-corrected chi connectivity index (χ1v) is 6.38. The second-order valence-electron chi connectivity index (χ2n) is 4.62. The quantitative estimate of drug-likeness (QED) is 0.881. The minimum absolute atomic E-state index is 0.237. The van der Waals surface area contributed by atoms with Crippen molar-refractivity contribution in [1.29, 1.82) is 0 Å². The van der Waals surface area contributed by atoms with Crippen molar-refractivity contribution in [1.82, 2.24) is 4.90 Å². The van der Waals surface area contributed by atoms with Gasteiger partial charge in [-0.25, -0.2) is 0 Å². The Morgan fingerprint density at radius 3 is 2.89 bits per heavy atom. The van der Waals surface area contributed by atoms with Crippen LogP contribution in [0.4, 0.5) is 0 Å². The third-order valence-corrected chi connectivity index (χ3v) is 3.36. The summed E-state index contributed by atoms with van der Waals surface area (Å²) in [5.41, 5.74) is 7.75. The fraction of sp³-hybridized carbons (Fsp3) is 0.500. The number of rotatable bonds is 4. The Morgan fingerprint density at radius 1 is 1.39 bits per heavy atom. The molecule has 0 unspecified atom stereocenters. The van der Waals surface area contributed by atoms with Crippen LogP contribution in [0.1, 0.15) is 30.4 Å². The van der Waals surface area contributed by atoms with E-state index in [0.717, 1.165) is 36.3 Å². The summed E-state index contributed by atoms with van der Waals surface area (Å²) in [6, 6.07) is 5.91. The summed E-state index contributed by atoms with van der Waals surface area (Å²) in [7, 11) is 1.65. The van der Waals surface area contributed by atoms with E-state index in [4.69, 9.17) is 10.5 Å². The van der Waals surface area contributed by atoms with Crippen molar-refractivity contribution in [3.63, 3.8) is 0 Å². The summed E-state index contributed by atoms with van der Waals surface area (Å²) in [6.07, 6.45) is 2.76. The zero-order valence-electron chi connectivity index (χ0n) is 10.8. The molecule has 18 heavy (non-hydrogen) atoms. The molecule has 4 heteroatoms. The van der Waals surface area contributed by atoms with Gasteiger partial charge in [0.2, 0.25) is 5.91 Å². The molecule has 1 amide bonds. The lowest BCUT2D eigenvalue weighted by molar-refractivity contribution is -0.133. The molecule has 1 saturated heterocycles. The number of hydrogen-bond donors (Lipinski definition) is 1. The summed E-state index contributed by atoms with van der Waals surface area (Å²) in [4.78, 5) is 13.7. The number of carbonyl (C=O) groups excluding carboxylic acids is 1. The average molecular weight is 248 g/mol. The normalized spacial score (nSPS) is 15.9. The second-order valence-corrected chi connectivity index (χ2v) is 4.62. The lowest BCUT2D eigenvalue weighted by Gasteiger charge is -2.27. The first-order chi connectivity index (χ1) is 8.74. The van der Waals surface area contributed by atoms with Crippen molar-refractivity contribution in [2.45, 2.75) is 32.4 Å². The number of nitrogens with zero attached hydrogens (tertiary/aromatic N) is 1. The van der Waals surface area contributed by atoms with Crippen molar-refractivity contribution in [2.75, 3.05) is 13.7 Å². The van der Waals surface area contributed by atoms with Crippen LogP contribution in [0.2, 0.25) is 0 Å². The highest BCUT2D eigenvalue weighted by molar-refractivity contribution is 5.76. The number of carbonyl (C=O) groups is 1. The number of ether oxygens (including phenoxy) is 1. The number of hydrogen-bond acceptors (Lipinski definition) is 3. The molecular weight excluding hydrogens is 228 g/mol. The molecule has 1 heterocycles. The van der Waals surface area contributed by atoms with E-state index < -0.39 is 0 Å². The van der Waals surface area contributed by atoms with Gasteiger partial charge in [-0.2, -0.15) is 0 Å². The largest absolute Gasteiger partial charge is 0.496 e. The number of nitrogens with two attached hydrogens (primary N) is 1. The van der Waals surface area contributed by atoms with E-state index in [1.54, 1.807) is 7.11 Å². The maximum atomic E-state index is 11.8. The standard InChI is InChI=1S/C14H20N2O2/c1-18-13-6-5-11(9-15)8-12(13)10-16-7-3-2-4-14(16)17/h5-6,8H,2-4,7,9-10,15H2,1H3. The van der Waals surface area contributed by atoms with Gasteiger partial charge in [0.1, 0.15) is 5.75 Å². The summed E-state index contributed by atoms with van der Waals surface area (Å²) in [5, 5.41) is 0. The van der Waals surface area contributed by atoms with Crippen LogP contribution in [-0.2, 0) is 17.9 Å². The third-order valence-electron chi connectivity index (χ3n) is 3.36. The molecule has 0 radical (unpaired) electrons. The van der Waals surface area contributed by atoms with Crippen molar-refractivity contribution >= 4 is 5.91 Å². The molecule has 1 fully saturated rings. The van der Waals surface area contributed by atoms with Gasteiger partial charge in [-0.15, -0.1) is 0 Å². The van der Waals surface area contributed by atoms with Gasteiger partial charge < -0.3 is 15.4 Å². The van der Waals surface area contributed by atoms with Gasteiger partial charge in [0.15, 0.2) is 0 Å². The molecule has 1 aromatic carbocycles. The average Bonchev–Trinajstić information content (AvgIpc) is 2.41. The first kappa shape index (κ1) is 12.9. The Bertz CT molecular complexity index is 432. The predicted octanol–water partition coefficient (Wildman–Crippen LogP) is 1.67. The predicted molar refractivity (Wildman–Crippen MR) is 70.2 cm³/mol. The van der Waals surface area contributed by atoms with Crippen molar-refractivity contribution in [3.05, 3.63) is 29.3 Å². The fourth-order valence-electron chi connectivity index (χ4n) is 2.32. The summed E-state index contributed by atoms with van der Waals surface area (Å²) < 4.78 is 5.34. The lowest BCUT2D eigenvalue weighted by atomic mass is 10.1. The minimum atomic E-state index is 0.237. The monoisotopic (exact) mass is 248 g/mol. The van der Waals surface area contributed by atoms with E-state index in [1.807, 2.05) is 23.1 Å². The van der Waals surface area contributed by atoms with E-state index in [2.05, 4.69) is 0 Å². The van der Waals surface area contributed by atoms with Crippen LogP contribution in [0.5, 0.6) is 5.75 Å². The molecule has 0 spiro atoms. The number of likely N-dealkylation sites (tertiary alicyclic amines) is 1. The van der Waals surface area contributed by atoms with Crippen LogP contribution in [0, 0.1) is 0 Å². The number of benzene rings is 1. The second kappa shape index (κ2) is 5.87. The molecule has 0 bridgehead atoms. The van der Waals surface area contributed by atoms with Gasteiger partial charge in [-0.1, -0.05) is 6.07 Å². The Labute approximate surface area is 108 Å². The molecule has 4 nitrogen and oxygen atoms in total.